The van der Waals surface area contributed by atoms with Gasteiger partial charge in [-0.1, -0.05) is 77.6 Å². The van der Waals surface area contributed by atoms with Crippen LogP contribution in [0.25, 0.3) is 0 Å². The molecule has 0 fully saturated rings. The molecule has 0 amide bonds. The van der Waals surface area contributed by atoms with Crippen molar-refractivity contribution in [3.8, 4) is 0 Å². The molecule has 0 heterocycles. The average Bonchev–Trinajstić information content (AvgIpc) is 3.25. The van der Waals surface area contributed by atoms with Crippen LogP contribution in [0, 0.1) is 0 Å². The summed E-state index contributed by atoms with van der Waals surface area (Å²) in [6.45, 7) is 2.28. The van der Waals surface area contributed by atoms with E-state index in [1.807, 2.05) is 30.3 Å². The topological polar surface area (TPSA) is 0 Å². The van der Waals surface area contributed by atoms with Gasteiger partial charge in [0.25, 0.3) is 0 Å². The minimum Gasteiger partial charge on any atom is -0.214 e. The van der Waals surface area contributed by atoms with Crippen LogP contribution in [-0.2, 0) is 23.5 Å². The maximum atomic E-state index is 2.28. The molecule has 2 rings (SSSR count). The summed E-state index contributed by atoms with van der Waals surface area (Å²) in [4.78, 5) is 0. The fourth-order valence-corrected chi connectivity index (χ4v) is 2.72. The summed E-state index contributed by atoms with van der Waals surface area (Å²) in [6.07, 6.45) is 15.6. The molecule has 0 nitrogen and oxygen atoms in total. The van der Waals surface area contributed by atoms with Crippen molar-refractivity contribution in [2.45, 2.75) is 77.6 Å². The smallest absolute Gasteiger partial charge is 0.214 e. The summed E-state index contributed by atoms with van der Waals surface area (Å²) in [6, 6.07) is 18.8. The molecule has 0 unspecified atom stereocenters. The Labute approximate surface area is 154 Å². The fraction of sp³-hybridized carbons (Fsp3) is 0.545. The van der Waals surface area contributed by atoms with Crippen molar-refractivity contribution < 1.29 is 17.1 Å². The van der Waals surface area contributed by atoms with Gasteiger partial charge in [-0.05, 0) is 0 Å². The molecule has 0 spiro atoms. The molecule has 0 radical (unpaired) electrons. The second-order valence-corrected chi connectivity index (χ2v) is 6.19. The summed E-state index contributed by atoms with van der Waals surface area (Å²) in [5, 5.41) is 0. The first-order valence-electron chi connectivity index (χ1n) is 9.30. The van der Waals surface area contributed by atoms with Crippen LogP contribution in [0.5, 0.6) is 0 Å². The first kappa shape index (κ1) is 22.2. The molecule has 0 N–H and O–H groups in total. The fourth-order valence-electron chi connectivity index (χ4n) is 2.72. The Morgan fingerprint density at radius 1 is 0.696 bits per heavy atom. The predicted octanol–water partition coefficient (Wildman–Crippen LogP) is 7.27. The Morgan fingerprint density at radius 2 is 1.26 bits per heavy atom. The van der Waals surface area contributed by atoms with E-state index < -0.39 is 0 Å². The van der Waals surface area contributed by atoms with Crippen LogP contribution in [0.15, 0.2) is 54.6 Å². The Bertz CT molecular complexity index is 368. The SMILES string of the molecule is CCCCCCCCCCCCc1ccc[cH-]1.[Fe+2].c1cc[cH-]c1. The maximum absolute atomic E-state index is 2.28. The summed E-state index contributed by atoms with van der Waals surface area (Å²) in [7, 11) is 0. The van der Waals surface area contributed by atoms with E-state index in [-0.39, 0.29) is 17.1 Å². The Hall–Kier alpha value is -0.781. The Kier molecular flexibility index (Phi) is 17.0. The molecule has 130 valence electrons. The van der Waals surface area contributed by atoms with Crippen molar-refractivity contribution >= 4 is 0 Å². The number of hydrogen-bond donors (Lipinski definition) is 0. The van der Waals surface area contributed by atoms with E-state index in [0.29, 0.717) is 0 Å². The summed E-state index contributed by atoms with van der Waals surface area (Å²) in [5.74, 6) is 0. The molecule has 0 aliphatic carbocycles. The van der Waals surface area contributed by atoms with Gasteiger partial charge in [-0.2, -0.15) is 35.9 Å². The van der Waals surface area contributed by atoms with Crippen molar-refractivity contribution in [2.75, 3.05) is 0 Å². The molecule has 2 aromatic rings. The first-order chi connectivity index (χ1) is 10.9. The molecule has 0 aromatic heterocycles. The van der Waals surface area contributed by atoms with Crippen molar-refractivity contribution in [3.05, 3.63) is 60.2 Å². The van der Waals surface area contributed by atoms with Crippen LogP contribution >= 0.6 is 0 Å². The van der Waals surface area contributed by atoms with E-state index in [0.717, 1.165) is 0 Å². The Morgan fingerprint density at radius 3 is 1.70 bits per heavy atom. The second-order valence-electron chi connectivity index (χ2n) is 6.19. The van der Waals surface area contributed by atoms with Crippen molar-refractivity contribution in [1.29, 1.82) is 0 Å². The number of aryl methyl sites for hydroxylation is 1. The van der Waals surface area contributed by atoms with E-state index in [9.17, 15) is 0 Å². The van der Waals surface area contributed by atoms with Gasteiger partial charge in [-0.3, -0.25) is 0 Å². The van der Waals surface area contributed by atoms with Crippen molar-refractivity contribution in [2.24, 2.45) is 0 Å². The zero-order chi connectivity index (χ0) is 15.7. The normalized spacial score (nSPS) is 9.78. The zero-order valence-corrected chi connectivity index (χ0v) is 15.9. The van der Waals surface area contributed by atoms with Crippen LogP contribution in [0.1, 0.15) is 76.7 Å². The van der Waals surface area contributed by atoms with Crippen LogP contribution in [-0.4, -0.2) is 0 Å². The van der Waals surface area contributed by atoms with Gasteiger partial charge in [-0.25, -0.2) is 24.3 Å². The van der Waals surface area contributed by atoms with Crippen molar-refractivity contribution in [3.63, 3.8) is 0 Å². The number of hydrogen-bond acceptors (Lipinski definition) is 0. The number of rotatable bonds is 11. The largest absolute Gasteiger partial charge is 2.00 e. The molecular weight excluding hydrogens is 320 g/mol. The Balaban J connectivity index is 0.000000684. The van der Waals surface area contributed by atoms with E-state index >= 15 is 0 Å². The molecule has 0 atom stereocenters. The van der Waals surface area contributed by atoms with Crippen LogP contribution in [0.3, 0.4) is 0 Å². The monoisotopic (exact) mass is 354 g/mol. The maximum Gasteiger partial charge on any atom is 2.00 e. The van der Waals surface area contributed by atoms with Gasteiger partial charge in [0.15, 0.2) is 0 Å². The van der Waals surface area contributed by atoms with Crippen LogP contribution in [0.2, 0.25) is 0 Å². The zero-order valence-electron chi connectivity index (χ0n) is 14.8. The summed E-state index contributed by atoms with van der Waals surface area (Å²) < 4.78 is 0. The molecule has 23 heavy (non-hydrogen) atoms. The molecule has 0 bridgehead atoms. The van der Waals surface area contributed by atoms with Gasteiger partial charge in [0.2, 0.25) is 0 Å². The summed E-state index contributed by atoms with van der Waals surface area (Å²) in [5.41, 5.74) is 1.52. The predicted molar refractivity (Wildman–Crippen MR) is 99.6 cm³/mol. The van der Waals surface area contributed by atoms with Gasteiger partial charge < -0.3 is 0 Å². The molecular formula is C22H34Fe. The van der Waals surface area contributed by atoms with Gasteiger partial charge >= 0.3 is 17.1 Å². The van der Waals surface area contributed by atoms with Gasteiger partial charge in [0.05, 0.1) is 0 Å². The van der Waals surface area contributed by atoms with Crippen LogP contribution < -0.4 is 0 Å². The summed E-state index contributed by atoms with van der Waals surface area (Å²) >= 11 is 0. The third-order valence-electron chi connectivity index (χ3n) is 4.11. The van der Waals surface area contributed by atoms with Gasteiger partial charge in [-0.15, -0.1) is 0 Å². The van der Waals surface area contributed by atoms with E-state index in [1.165, 1.54) is 76.2 Å². The molecule has 1 heteroatoms. The number of unbranched alkanes of at least 4 members (excludes halogenated alkanes) is 9. The molecule has 0 saturated carbocycles. The molecule has 2 aromatic carbocycles. The van der Waals surface area contributed by atoms with Gasteiger partial charge in [0.1, 0.15) is 0 Å². The first-order valence-corrected chi connectivity index (χ1v) is 9.30. The van der Waals surface area contributed by atoms with Crippen molar-refractivity contribution in [1.82, 2.24) is 0 Å². The van der Waals surface area contributed by atoms with E-state index in [2.05, 4.69) is 31.2 Å². The second kappa shape index (κ2) is 17.6. The average molecular weight is 354 g/mol. The standard InChI is InChI=1S/C17H29.C5H5.Fe/c1-2-3-4-5-6-7-8-9-10-11-14-17-15-12-13-16-17;1-2-4-5-3-1;/h12-13,15-16H,2-11,14H2,1H3;1-5H;/q2*-1;+2. The van der Waals surface area contributed by atoms with E-state index in [1.54, 1.807) is 0 Å². The molecule has 0 aliphatic heterocycles. The minimum absolute atomic E-state index is 0. The quantitative estimate of drug-likeness (QED) is 0.226. The minimum atomic E-state index is 0. The molecule has 0 saturated heterocycles. The molecule has 0 aliphatic rings. The third-order valence-corrected chi connectivity index (χ3v) is 4.11. The van der Waals surface area contributed by atoms with E-state index in [4.69, 9.17) is 0 Å². The third kappa shape index (κ3) is 14.5. The van der Waals surface area contributed by atoms with Gasteiger partial charge in [0, 0.05) is 0 Å². The van der Waals surface area contributed by atoms with Crippen LogP contribution in [0.4, 0.5) is 0 Å².